The Hall–Kier alpha value is -2.67. The standard InChI is InChI=1S/C30H42N2O2/c1-4-6-8-9-10-11-12-13-14-15-25-16-21-28(32-23-25)26-17-19-27(20-18-26)34-29(33)30(3,24-31)22-7-5-2/h16-21,23H,4-15,22H2,1-3H3. The molecule has 4 heteroatoms. The van der Waals surface area contributed by atoms with Gasteiger partial charge in [-0.25, -0.2) is 4.79 Å². The van der Waals surface area contributed by atoms with Crippen molar-refractivity contribution >= 4 is 5.97 Å². The number of carbonyl (C=O) groups is 1. The molecule has 1 aromatic carbocycles. The molecular weight excluding hydrogens is 420 g/mol. The average Bonchev–Trinajstić information content (AvgIpc) is 2.87. The van der Waals surface area contributed by atoms with Crippen molar-refractivity contribution in [1.29, 1.82) is 5.26 Å². The van der Waals surface area contributed by atoms with Crippen molar-refractivity contribution in [2.75, 3.05) is 0 Å². The van der Waals surface area contributed by atoms with Gasteiger partial charge in [-0.1, -0.05) is 84.1 Å². The van der Waals surface area contributed by atoms with Crippen LogP contribution in [0.4, 0.5) is 0 Å². The lowest BCUT2D eigenvalue weighted by molar-refractivity contribution is -0.142. The fourth-order valence-corrected chi connectivity index (χ4v) is 4.03. The van der Waals surface area contributed by atoms with Gasteiger partial charge in [0.2, 0.25) is 0 Å². The zero-order valence-corrected chi connectivity index (χ0v) is 21.4. The number of unbranched alkanes of at least 4 members (excludes halogenated alkanes) is 9. The highest BCUT2D eigenvalue weighted by Crippen LogP contribution is 2.27. The third-order valence-electron chi connectivity index (χ3n) is 6.48. The molecule has 0 fully saturated rings. The van der Waals surface area contributed by atoms with Crippen molar-refractivity contribution in [2.45, 2.75) is 104 Å². The summed E-state index contributed by atoms with van der Waals surface area (Å²) in [7, 11) is 0. The summed E-state index contributed by atoms with van der Waals surface area (Å²) in [5.74, 6) is -0.0381. The van der Waals surface area contributed by atoms with Gasteiger partial charge in [-0.15, -0.1) is 0 Å². The Morgan fingerprint density at radius 2 is 1.50 bits per heavy atom. The molecule has 1 unspecified atom stereocenters. The van der Waals surface area contributed by atoms with E-state index in [1.165, 1.54) is 63.4 Å². The summed E-state index contributed by atoms with van der Waals surface area (Å²) in [6.07, 6.45) is 17.4. The lowest BCUT2D eigenvalue weighted by Crippen LogP contribution is -2.30. The van der Waals surface area contributed by atoms with Gasteiger partial charge in [-0.2, -0.15) is 5.26 Å². The highest BCUT2D eigenvalue weighted by atomic mass is 16.5. The van der Waals surface area contributed by atoms with Crippen molar-refractivity contribution in [1.82, 2.24) is 4.98 Å². The van der Waals surface area contributed by atoms with Gasteiger partial charge in [0.25, 0.3) is 0 Å². The number of benzene rings is 1. The fourth-order valence-electron chi connectivity index (χ4n) is 4.03. The number of hydrogen-bond donors (Lipinski definition) is 0. The van der Waals surface area contributed by atoms with Crippen molar-refractivity contribution in [3.8, 4) is 23.1 Å². The maximum Gasteiger partial charge on any atom is 0.331 e. The minimum absolute atomic E-state index is 0.453. The summed E-state index contributed by atoms with van der Waals surface area (Å²) in [5, 5.41) is 9.44. The lowest BCUT2D eigenvalue weighted by Gasteiger charge is -2.19. The number of nitriles is 1. The van der Waals surface area contributed by atoms with Crippen LogP contribution in [0.15, 0.2) is 42.6 Å². The smallest absolute Gasteiger partial charge is 0.331 e. The predicted molar refractivity (Wildman–Crippen MR) is 139 cm³/mol. The van der Waals surface area contributed by atoms with Gasteiger partial charge in [0, 0.05) is 11.8 Å². The molecule has 0 aliphatic carbocycles. The number of ether oxygens (including phenoxy) is 1. The molecule has 0 spiro atoms. The van der Waals surface area contributed by atoms with Crippen LogP contribution in [0.3, 0.4) is 0 Å². The van der Waals surface area contributed by atoms with Crippen molar-refractivity contribution in [3.05, 3.63) is 48.2 Å². The summed E-state index contributed by atoms with van der Waals surface area (Å²) in [6, 6.07) is 13.7. The zero-order valence-electron chi connectivity index (χ0n) is 21.4. The number of aryl methyl sites for hydroxylation is 1. The molecule has 2 aromatic rings. The van der Waals surface area contributed by atoms with Crippen molar-refractivity contribution in [3.63, 3.8) is 0 Å². The Balaban J connectivity index is 1.78. The Labute approximate surface area is 206 Å². The summed E-state index contributed by atoms with van der Waals surface area (Å²) >= 11 is 0. The summed E-state index contributed by atoms with van der Waals surface area (Å²) in [4.78, 5) is 17.1. The second kappa shape index (κ2) is 15.3. The first-order chi connectivity index (χ1) is 16.5. The molecule has 4 nitrogen and oxygen atoms in total. The quantitative estimate of drug-likeness (QED) is 0.143. The minimum Gasteiger partial charge on any atom is -0.425 e. The molecule has 0 saturated heterocycles. The third kappa shape index (κ3) is 9.29. The molecule has 0 aliphatic heterocycles. The van der Waals surface area contributed by atoms with Crippen LogP contribution in [-0.2, 0) is 11.2 Å². The number of aromatic nitrogens is 1. The van der Waals surface area contributed by atoms with E-state index in [2.05, 4.69) is 30.1 Å². The second-order valence-corrected chi connectivity index (χ2v) is 9.59. The zero-order chi connectivity index (χ0) is 24.7. The van der Waals surface area contributed by atoms with Gasteiger partial charge in [0.15, 0.2) is 5.41 Å². The summed E-state index contributed by atoms with van der Waals surface area (Å²) in [5.41, 5.74) is 2.04. The first-order valence-corrected chi connectivity index (χ1v) is 13.2. The van der Waals surface area contributed by atoms with Crippen LogP contribution < -0.4 is 4.74 Å². The molecule has 34 heavy (non-hydrogen) atoms. The van der Waals surface area contributed by atoms with Crippen LogP contribution in [0.1, 0.15) is 103 Å². The largest absolute Gasteiger partial charge is 0.425 e. The van der Waals surface area contributed by atoms with Gasteiger partial charge >= 0.3 is 5.97 Å². The molecule has 1 atom stereocenters. The lowest BCUT2D eigenvalue weighted by atomic mass is 9.87. The fraction of sp³-hybridized carbons (Fsp3) is 0.567. The monoisotopic (exact) mass is 462 g/mol. The van der Waals surface area contributed by atoms with E-state index in [9.17, 15) is 10.1 Å². The van der Waals surface area contributed by atoms with E-state index < -0.39 is 11.4 Å². The molecule has 0 saturated carbocycles. The van der Waals surface area contributed by atoms with Crippen LogP contribution in [0, 0.1) is 16.7 Å². The predicted octanol–water partition coefficient (Wildman–Crippen LogP) is 8.45. The molecule has 0 bridgehead atoms. The molecule has 2 rings (SSSR count). The maximum atomic E-state index is 12.5. The molecule has 0 N–H and O–H groups in total. The van der Waals surface area contributed by atoms with Gasteiger partial charge in [-0.05, 0) is 62.1 Å². The van der Waals surface area contributed by atoms with E-state index in [0.717, 1.165) is 30.5 Å². The number of rotatable bonds is 16. The molecular formula is C30H42N2O2. The maximum absolute atomic E-state index is 12.5. The van der Waals surface area contributed by atoms with Gasteiger partial charge in [0.05, 0.1) is 11.8 Å². The first kappa shape index (κ1) is 27.6. The van der Waals surface area contributed by atoms with Crippen LogP contribution in [0.25, 0.3) is 11.3 Å². The Morgan fingerprint density at radius 1 is 0.882 bits per heavy atom. The topological polar surface area (TPSA) is 63.0 Å². The average molecular weight is 463 g/mol. The Bertz CT molecular complexity index is 884. The van der Waals surface area contributed by atoms with Crippen LogP contribution in [0.5, 0.6) is 5.75 Å². The molecule has 0 aliphatic rings. The summed E-state index contributed by atoms with van der Waals surface area (Å²) < 4.78 is 5.49. The number of pyridine rings is 1. The van der Waals surface area contributed by atoms with E-state index >= 15 is 0 Å². The van der Waals surface area contributed by atoms with Crippen LogP contribution in [0.2, 0.25) is 0 Å². The van der Waals surface area contributed by atoms with Crippen LogP contribution in [-0.4, -0.2) is 11.0 Å². The second-order valence-electron chi connectivity index (χ2n) is 9.59. The number of nitrogens with zero attached hydrogens (tertiary/aromatic N) is 2. The van der Waals surface area contributed by atoms with E-state index in [1.807, 2.05) is 25.3 Å². The highest BCUT2D eigenvalue weighted by molar-refractivity contribution is 5.81. The third-order valence-corrected chi connectivity index (χ3v) is 6.48. The van der Waals surface area contributed by atoms with E-state index in [-0.39, 0.29) is 0 Å². The van der Waals surface area contributed by atoms with E-state index in [0.29, 0.717) is 12.2 Å². The first-order valence-electron chi connectivity index (χ1n) is 13.2. The molecule has 0 amide bonds. The number of hydrogen-bond acceptors (Lipinski definition) is 4. The van der Waals surface area contributed by atoms with Crippen molar-refractivity contribution < 1.29 is 9.53 Å². The van der Waals surface area contributed by atoms with E-state index in [4.69, 9.17) is 4.74 Å². The highest BCUT2D eigenvalue weighted by Gasteiger charge is 2.34. The minimum atomic E-state index is -1.11. The molecule has 184 valence electrons. The van der Waals surface area contributed by atoms with E-state index in [1.54, 1.807) is 19.1 Å². The van der Waals surface area contributed by atoms with Gasteiger partial charge in [0.1, 0.15) is 5.75 Å². The van der Waals surface area contributed by atoms with Crippen molar-refractivity contribution in [2.24, 2.45) is 5.41 Å². The Kier molecular flexibility index (Phi) is 12.4. The molecule has 1 heterocycles. The normalized spacial score (nSPS) is 12.6. The SMILES string of the molecule is CCCCCCCCCCCc1ccc(-c2ccc(OC(=O)C(C)(C#N)CCCC)cc2)nc1. The van der Waals surface area contributed by atoms with Crippen LogP contribution >= 0.6 is 0 Å². The molecule has 1 aromatic heterocycles. The summed E-state index contributed by atoms with van der Waals surface area (Å²) in [6.45, 7) is 5.96. The van der Waals surface area contributed by atoms with Gasteiger partial charge in [-0.3, -0.25) is 4.98 Å². The Morgan fingerprint density at radius 3 is 2.06 bits per heavy atom. The number of esters is 1. The number of carbonyl (C=O) groups excluding carboxylic acids is 1. The molecule has 0 radical (unpaired) electrons. The van der Waals surface area contributed by atoms with Gasteiger partial charge < -0.3 is 4.74 Å².